The Balaban J connectivity index is 1.82. The fourth-order valence-corrected chi connectivity index (χ4v) is 3.28. The maximum atomic E-state index is 13.2. The van der Waals surface area contributed by atoms with E-state index in [4.69, 9.17) is 4.52 Å². The van der Waals surface area contributed by atoms with Crippen LogP contribution in [0.15, 0.2) is 41.1 Å². The Morgan fingerprint density at radius 2 is 2.00 bits per heavy atom. The molecule has 0 radical (unpaired) electrons. The molecule has 0 atom stereocenters. The van der Waals surface area contributed by atoms with Gasteiger partial charge in [0.05, 0.1) is 22.3 Å². The van der Waals surface area contributed by atoms with E-state index in [-0.39, 0.29) is 17.4 Å². The first-order valence-electron chi connectivity index (χ1n) is 7.78. The third-order valence-corrected chi connectivity index (χ3v) is 4.67. The quantitative estimate of drug-likeness (QED) is 0.581. The lowest BCUT2D eigenvalue weighted by Crippen LogP contribution is -2.13. The number of nitrogens with one attached hydrogen (secondary N) is 1. The van der Waals surface area contributed by atoms with Crippen LogP contribution in [0.1, 0.15) is 20.9 Å². The van der Waals surface area contributed by atoms with E-state index in [0.717, 1.165) is 4.88 Å². The van der Waals surface area contributed by atoms with Gasteiger partial charge in [0, 0.05) is 16.6 Å². The van der Waals surface area contributed by atoms with E-state index >= 15 is 0 Å². The third kappa shape index (κ3) is 2.95. The van der Waals surface area contributed by atoms with Crippen LogP contribution in [0.4, 0.5) is 9.52 Å². The standard InChI is InChI=1S/C18H13FN4O2S/c1-9-8-20-18(26-9)22-16(24)13-7-14(11-3-5-12(19)6-4-11)21-17-15(13)10(2)23-25-17/h3-8H,1-2H3,(H,20,22,24). The molecular weight excluding hydrogens is 355 g/mol. The van der Waals surface area contributed by atoms with E-state index in [1.165, 1.54) is 23.5 Å². The average Bonchev–Trinajstić information content (AvgIpc) is 3.20. The summed E-state index contributed by atoms with van der Waals surface area (Å²) in [6.07, 6.45) is 1.69. The van der Waals surface area contributed by atoms with Crippen molar-refractivity contribution in [2.24, 2.45) is 0 Å². The van der Waals surface area contributed by atoms with Gasteiger partial charge in [-0.1, -0.05) is 5.16 Å². The molecule has 0 aliphatic rings. The zero-order chi connectivity index (χ0) is 18.3. The summed E-state index contributed by atoms with van der Waals surface area (Å²) in [7, 11) is 0. The molecule has 4 rings (SSSR count). The van der Waals surface area contributed by atoms with Gasteiger partial charge in [-0.25, -0.2) is 14.4 Å². The van der Waals surface area contributed by atoms with E-state index in [1.54, 1.807) is 31.3 Å². The minimum atomic E-state index is -0.345. The molecule has 3 heterocycles. The number of carbonyl (C=O) groups is 1. The number of pyridine rings is 1. The van der Waals surface area contributed by atoms with Crippen LogP contribution in [0.25, 0.3) is 22.4 Å². The van der Waals surface area contributed by atoms with Gasteiger partial charge >= 0.3 is 0 Å². The molecular formula is C18H13FN4O2S. The molecule has 0 saturated carbocycles. The first-order valence-corrected chi connectivity index (χ1v) is 8.59. The number of aromatic nitrogens is 3. The van der Waals surface area contributed by atoms with Gasteiger partial charge < -0.3 is 4.52 Å². The van der Waals surface area contributed by atoms with Crippen molar-refractivity contribution in [1.29, 1.82) is 0 Å². The Kier molecular flexibility index (Phi) is 3.96. The summed E-state index contributed by atoms with van der Waals surface area (Å²) < 4.78 is 18.4. The lowest BCUT2D eigenvalue weighted by atomic mass is 10.1. The summed E-state index contributed by atoms with van der Waals surface area (Å²) in [6, 6.07) is 7.52. The number of thiazole rings is 1. The Morgan fingerprint density at radius 3 is 2.69 bits per heavy atom. The number of anilines is 1. The molecule has 3 aromatic heterocycles. The van der Waals surface area contributed by atoms with Gasteiger partial charge in [-0.2, -0.15) is 0 Å². The van der Waals surface area contributed by atoms with Gasteiger partial charge in [-0.05, 0) is 44.2 Å². The van der Waals surface area contributed by atoms with E-state index in [9.17, 15) is 9.18 Å². The largest absolute Gasteiger partial charge is 0.335 e. The molecule has 1 N–H and O–H groups in total. The maximum Gasteiger partial charge on any atom is 0.259 e. The maximum absolute atomic E-state index is 13.2. The second-order valence-corrected chi connectivity index (χ2v) is 6.98. The first kappa shape index (κ1) is 16.3. The minimum Gasteiger partial charge on any atom is -0.335 e. The van der Waals surface area contributed by atoms with Crippen LogP contribution in [0.3, 0.4) is 0 Å². The number of fused-ring (bicyclic) bond motifs is 1. The topological polar surface area (TPSA) is 80.9 Å². The predicted octanol–water partition coefficient (Wildman–Crippen LogP) is 4.35. The Morgan fingerprint density at radius 1 is 1.23 bits per heavy atom. The second kappa shape index (κ2) is 6.30. The number of benzene rings is 1. The zero-order valence-corrected chi connectivity index (χ0v) is 14.7. The predicted molar refractivity (Wildman–Crippen MR) is 96.7 cm³/mol. The molecule has 1 amide bonds. The van der Waals surface area contributed by atoms with Crippen molar-refractivity contribution < 1.29 is 13.7 Å². The van der Waals surface area contributed by atoms with Gasteiger partial charge in [0.1, 0.15) is 5.82 Å². The molecule has 130 valence electrons. The normalized spacial score (nSPS) is 11.0. The van der Waals surface area contributed by atoms with Gasteiger partial charge in [-0.15, -0.1) is 11.3 Å². The summed E-state index contributed by atoms with van der Waals surface area (Å²) in [5, 5.41) is 7.75. The van der Waals surface area contributed by atoms with Crippen molar-refractivity contribution in [2.45, 2.75) is 13.8 Å². The monoisotopic (exact) mass is 368 g/mol. The lowest BCUT2D eigenvalue weighted by molar-refractivity contribution is 0.102. The van der Waals surface area contributed by atoms with Crippen molar-refractivity contribution in [3.63, 3.8) is 0 Å². The summed E-state index contributed by atoms with van der Waals surface area (Å²) in [4.78, 5) is 22.4. The SMILES string of the molecule is Cc1cnc(NC(=O)c2cc(-c3ccc(F)cc3)nc3onc(C)c23)s1. The third-order valence-electron chi connectivity index (χ3n) is 3.84. The van der Waals surface area contributed by atoms with Crippen LogP contribution in [0.2, 0.25) is 0 Å². The highest BCUT2D eigenvalue weighted by Crippen LogP contribution is 2.28. The summed E-state index contributed by atoms with van der Waals surface area (Å²) >= 11 is 1.39. The Hall–Kier alpha value is -3.13. The molecule has 8 heteroatoms. The fraction of sp³-hybridized carbons (Fsp3) is 0.111. The number of aryl methyl sites for hydroxylation is 2. The molecule has 4 aromatic rings. The molecule has 0 spiro atoms. The first-order chi connectivity index (χ1) is 12.5. The molecule has 0 aliphatic heterocycles. The number of rotatable bonds is 3. The molecule has 6 nitrogen and oxygen atoms in total. The number of carbonyl (C=O) groups excluding carboxylic acids is 1. The van der Waals surface area contributed by atoms with Crippen molar-refractivity contribution in [2.75, 3.05) is 5.32 Å². The summed E-state index contributed by atoms with van der Waals surface area (Å²) in [5.41, 5.74) is 2.36. The summed E-state index contributed by atoms with van der Waals surface area (Å²) in [5.74, 6) is -0.677. The van der Waals surface area contributed by atoms with Gasteiger partial charge in [0.2, 0.25) is 0 Å². The Bertz CT molecular complexity index is 1120. The molecule has 0 fully saturated rings. The lowest BCUT2D eigenvalue weighted by Gasteiger charge is -2.07. The fourth-order valence-electron chi connectivity index (χ4n) is 2.62. The van der Waals surface area contributed by atoms with Crippen LogP contribution < -0.4 is 5.32 Å². The average molecular weight is 368 g/mol. The number of hydrogen-bond donors (Lipinski definition) is 1. The highest BCUT2D eigenvalue weighted by atomic mass is 32.1. The minimum absolute atomic E-state index is 0.254. The Labute approximate surface area is 151 Å². The number of hydrogen-bond acceptors (Lipinski definition) is 6. The number of nitrogens with zero attached hydrogens (tertiary/aromatic N) is 3. The van der Waals surface area contributed by atoms with Crippen LogP contribution in [-0.4, -0.2) is 21.0 Å². The molecule has 0 saturated heterocycles. The van der Waals surface area contributed by atoms with Crippen molar-refractivity contribution in [1.82, 2.24) is 15.1 Å². The van der Waals surface area contributed by atoms with Crippen LogP contribution >= 0.6 is 11.3 Å². The molecule has 0 unspecified atom stereocenters. The number of halogens is 1. The van der Waals surface area contributed by atoms with Gasteiger partial charge in [0.15, 0.2) is 5.13 Å². The molecule has 26 heavy (non-hydrogen) atoms. The van der Waals surface area contributed by atoms with Gasteiger partial charge in [-0.3, -0.25) is 10.1 Å². The van der Waals surface area contributed by atoms with Crippen molar-refractivity contribution >= 4 is 33.5 Å². The smallest absolute Gasteiger partial charge is 0.259 e. The van der Waals surface area contributed by atoms with Crippen molar-refractivity contribution in [3.8, 4) is 11.3 Å². The molecule has 0 bridgehead atoms. The van der Waals surface area contributed by atoms with E-state index in [1.807, 2.05) is 6.92 Å². The van der Waals surface area contributed by atoms with E-state index in [0.29, 0.717) is 33.0 Å². The molecule has 1 aromatic carbocycles. The van der Waals surface area contributed by atoms with Gasteiger partial charge in [0.25, 0.3) is 11.6 Å². The highest BCUT2D eigenvalue weighted by molar-refractivity contribution is 7.15. The second-order valence-electron chi connectivity index (χ2n) is 5.74. The highest BCUT2D eigenvalue weighted by Gasteiger charge is 2.20. The zero-order valence-electron chi connectivity index (χ0n) is 13.9. The van der Waals surface area contributed by atoms with Crippen LogP contribution in [0, 0.1) is 19.7 Å². The van der Waals surface area contributed by atoms with Crippen LogP contribution in [0.5, 0.6) is 0 Å². The number of amides is 1. The van der Waals surface area contributed by atoms with Crippen LogP contribution in [-0.2, 0) is 0 Å². The summed E-state index contributed by atoms with van der Waals surface area (Å²) in [6.45, 7) is 3.66. The van der Waals surface area contributed by atoms with E-state index in [2.05, 4.69) is 20.4 Å². The van der Waals surface area contributed by atoms with Crippen molar-refractivity contribution in [3.05, 3.63) is 58.5 Å². The molecule has 0 aliphatic carbocycles. The van der Waals surface area contributed by atoms with E-state index < -0.39 is 0 Å².